The molecule has 1 N–H and O–H groups in total. The normalized spacial score (nSPS) is 22.0. The Morgan fingerprint density at radius 2 is 1.74 bits per heavy atom. The Balaban J connectivity index is 1.76. The van der Waals surface area contributed by atoms with Gasteiger partial charge < -0.3 is 24.4 Å². The third kappa shape index (κ3) is 4.67. The number of carbonyl (C=O) groups excluding carboxylic acids is 2. The fourth-order valence-electron chi connectivity index (χ4n) is 5.42. The molecule has 4 rings (SSSR count). The van der Waals surface area contributed by atoms with Gasteiger partial charge >= 0.3 is 0 Å². The maximum Gasteiger partial charge on any atom is 0.254 e. The summed E-state index contributed by atoms with van der Waals surface area (Å²) in [5, 5.41) is 3.21. The zero-order chi connectivity index (χ0) is 25.1. The average molecular weight is 482 g/mol. The van der Waals surface area contributed by atoms with Crippen molar-refractivity contribution in [2.24, 2.45) is 0 Å². The van der Waals surface area contributed by atoms with Crippen LogP contribution in [0.15, 0.2) is 36.4 Å². The zero-order valence-corrected chi connectivity index (χ0v) is 21.2. The molecule has 2 aliphatic heterocycles. The Labute approximate surface area is 207 Å². The van der Waals surface area contributed by atoms with Crippen LogP contribution in [0.5, 0.6) is 17.2 Å². The molecule has 35 heavy (non-hydrogen) atoms. The highest BCUT2D eigenvalue weighted by molar-refractivity contribution is 6.02. The van der Waals surface area contributed by atoms with Crippen molar-refractivity contribution >= 4 is 11.8 Å². The largest absolute Gasteiger partial charge is 0.497 e. The Morgan fingerprint density at radius 3 is 2.37 bits per heavy atom. The molecule has 0 spiro atoms. The van der Waals surface area contributed by atoms with Crippen molar-refractivity contribution in [2.45, 2.75) is 37.8 Å². The molecular weight excluding hydrogens is 446 g/mol. The molecule has 2 amide bonds. The maximum absolute atomic E-state index is 13.9. The van der Waals surface area contributed by atoms with Gasteiger partial charge in [0.15, 0.2) is 11.5 Å². The number of amides is 2. The fourth-order valence-corrected chi connectivity index (χ4v) is 5.42. The first-order valence-corrected chi connectivity index (χ1v) is 12.1. The Hall–Kier alpha value is -3.26. The summed E-state index contributed by atoms with van der Waals surface area (Å²) in [5.74, 6) is 0.771. The van der Waals surface area contributed by atoms with Crippen molar-refractivity contribution in [1.29, 1.82) is 0 Å². The van der Waals surface area contributed by atoms with E-state index in [9.17, 15) is 9.59 Å². The summed E-state index contributed by atoms with van der Waals surface area (Å²) in [6.45, 7) is 4.76. The van der Waals surface area contributed by atoms with Gasteiger partial charge in [0.05, 0.1) is 33.3 Å². The lowest BCUT2D eigenvalue weighted by molar-refractivity contribution is -0.124. The number of likely N-dealkylation sites (tertiary alicyclic amines) is 1. The van der Waals surface area contributed by atoms with E-state index in [0.29, 0.717) is 41.0 Å². The van der Waals surface area contributed by atoms with Crippen LogP contribution >= 0.6 is 0 Å². The molecule has 2 aromatic rings. The van der Waals surface area contributed by atoms with Crippen LogP contribution in [0.3, 0.4) is 0 Å². The van der Waals surface area contributed by atoms with Crippen molar-refractivity contribution < 1.29 is 23.8 Å². The minimum atomic E-state index is -0.614. The second-order valence-electron chi connectivity index (χ2n) is 9.08. The van der Waals surface area contributed by atoms with Crippen molar-refractivity contribution in [1.82, 2.24) is 15.1 Å². The van der Waals surface area contributed by atoms with Gasteiger partial charge in [0.2, 0.25) is 5.91 Å². The van der Waals surface area contributed by atoms with Crippen LogP contribution in [-0.2, 0) is 4.79 Å². The molecule has 3 atom stereocenters. The first-order valence-electron chi connectivity index (χ1n) is 12.1. The standard InChI is InChI=1S/C27H35N3O5/c1-6-30-13-7-8-18(30)16-28-26(31)24-20-14-22(34-4)23(35-5)15-21(20)27(32)29(2)25(24)17-9-11-19(33-3)12-10-17/h9-12,14-15,18,24-25H,6-8,13,16H2,1-5H3,(H,28,31)/t18-,24+,25+/m1/s1. The summed E-state index contributed by atoms with van der Waals surface area (Å²) in [7, 11) is 6.44. The van der Waals surface area contributed by atoms with Gasteiger partial charge in [0.25, 0.3) is 5.91 Å². The summed E-state index contributed by atoms with van der Waals surface area (Å²) in [4.78, 5) is 31.4. The van der Waals surface area contributed by atoms with E-state index in [2.05, 4.69) is 17.1 Å². The second kappa shape index (κ2) is 10.6. The number of fused-ring (bicyclic) bond motifs is 1. The Bertz CT molecular complexity index is 1070. The predicted molar refractivity (Wildman–Crippen MR) is 133 cm³/mol. The van der Waals surface area contributed by atoms with E-state index < -0.39 is 12.0 Å². The lowest BCUT2D eigenvalue weighted by atomic mass is 9.79. The van der Waals surface area contributed by atoms with Crippen LogP contribution in [0, 0.1) is 0 Å². The highest BCUT2D eigenvalue weighted by Gasteiger charge is 2.43. The van der Waals surface area contributed by atoms with Crippen LogP contribution in [0.1, 0.15) is 53.2 Å². The quantitative estimate of drug-likeness (QED) is 0.624. The van der Waals surface area contributed by atoms with Gasteiger partial charge in [-0.25, -0.2) is 0 Å². The number of rotatable bonds is 8. The highest BCUT2D eigenvalue weighted by atomic mass is 16.5. The van der Waals surface area contributed by atoms with Crippen molar-refractivity contribution in [3.63, 3.8) is 0 Å². The summed E-state index contributed by atoms with van der Waals surface area (Å²) in [6.07, 6.45) is 2.21. The number of benzene rings is 2. The molecule has 0 saturated carbocycles. The van der Waals surface area contributed by atoms with E-state index in [4.69, 9.17) is 14.2 Å². The molecule has 0 aromatic heterocycles. The smallest absolute Gasteiger partial charge is 0.254 e. The van der Waals surface area contributed by atoms with Crippen LogP contribution in [-0.4, -0.2) is 75.7 Å². The second-order valence-corrected chi connectivity index (χ2v) is 9.08. The third-order valence-corrected chi connectivity index (χ3v) is 7.33. The number of nitrogens with one attached hydrogen (secondary N) is 1. The van der Waals surface area contributed by atoms with E-state index >= 15 is 0 Å². The van der Waals surface area contributed by atoms with Gasteiger partial charge in [-0.3, -0.25) is 14.5 Å². The molecule has 2 aromatic carbocycles. The van der Waals surface area contributed by atoms with Crippen LogP contribution < -0.4 is 19.5 Å². The maximum atomic E-state index is 13.9. The van der Waals surface area contributed by atoms with E-state index in [1.165, 1.54) is 7.11 Å². The molecule has 2 heterocycles. The Kier molecular flexibility index (Phi) is 7.50. The molecule has 2 aliphatic rings. The van der Waals surface area contributed by atoms with Crippen molar-refractivity contribution in [3.05, 3.63) is 53.1 Å². The predicted octanol–water partition coefficient (Wildman–Crippen LogP) is 3.22. The molecule has 188 valence electrons. The number of ether oxygens (including phenoxy) is 3. The molecule has 8 heteroatoms. The topological polar surface area (TPSA) is 80.3 Å². The third-order valence-electron chi connectivity index (χ3n) is 7.33. The summed E-state index contributed by atoms with van der Waals surface area (Å²) >= 11 is 0. The average Bonchev–Trinajstić information content (AvgIpc) is 3.36. The highest BCUT2D eigenvalue weighted by Crippen LogP contribution is 2.45. The lowest BCUT2D eigenvalue weighted by Gasteiger charge is -2.40. The SMILES string of the molecule is CCN1CCC[C@@H]1CNC(=O)[C@H]1c2cc(OC)c(OC)cc2C(=O)N(C)[C@H]1c1ccc(OC)cc1. The van der Waals surface area contributed by atoms with Gasteiger partial charge in [-0.2, -0.15) is 0 Å². The zero-order valence-electron chi connectivity index (χ0n) is 21.2. The van der Waals surface area contributed by atoms with Crippen LogP contribution in [0.4, 0.5) is 0 Å². The lowest BCUT2D eigenvalue weighted by Crippen LogP contribution is -2.48. The molecule has 8 nitrogen and oxygen atoms in total. The molecule has 1 saturated heterocycles. The van der Waals surface area contributed by atoms with Gasteiger partial charge in [-0.15, -0.1) is 0 Å². The number of likely N-dealkylation sites (N-methyl/N-ethyl adjacent to an activating group) is 2. The summed E-state index contributed by atoms with van der Waals surface area (Å²) < 4.78 is 16.3. The van der Waals surface area contributed by atoms with Gasteiger partial charge in [0, 0.05) is 25.2 Å². The van der Waals surface area contributed by atoms with Gasteiger partial charge in [0.1, 0.15) is 5.75 Å². The number of carbonyl (C=O) groups is 2. The minimum Gasteiger partial charge on any atom is -0.497 e. The molecule has 0 bridgehead atoms. The van der Waals surface area contributed by atoms with Crippen LogP contribution in [0.25, 0.3) is 0 Å². The molecule has 0 unspecified atom stereocenters. The molecule has 1 fully saturated rings. The Morgan fingerprint density at radius 1 is 1.06 bits per heavy atom. The molecule has 0 aliphatic carbocycles. The summed E-state index contributed by atoms with van der Waals surface area (Å²) in [6, 6.07) is 10.8. The summed E-state index contributed by atoms with van der Waals surface area (Å²) in [5.41, 5.74) is 1.95. The first-order chi connectivity index (χ1) is 16.9. The molecular formula is C27H35N3O5. The number of hydrogen-bond acceptors (Lipinski definition) is 6. The molecule has 0 radical (unpaired) electrons. The van der Waals surface area contributed by atoms with Gasteiger partial charge in [-0.1, -0.05) is 19.1 Å². The van der Waals surface area contributed by atoms with Crippen molar-refractivity contribution in [2.75, 3.05) is 48.0 Å². The minimum absolute atomic E-state index is 0.110. The number of nitrogens with zero attached hydrogens (tertiary/aromatic N) is 2. The van der Waals surface area contributed by atoms with E-state index in [-0.39, 0.29) is 11.8 Å². The fraction of sp³-hybridized carbons (Fsp3) is 0.481. The van der Waals surface area contributed by atoms with E-state index in [1.807, 2.05) is 24.3 Å². The van der Waals surface area contributed by atoms with E-state index in [1.54, 1.807) is 38.3 Å². The number of hydrogen-bond donors (Lipinski definition) is 1. The monoisotopic (exact) mass is 481 g/mol. The van der Waals surface area contributed by atoms with Crippen LogP contribution in [0.2, 0.25) is 0 Å². The first kappa shape index (κ1) is 24.9. The van der Waals surface area contributed by atoms with Crippen molar-refractivity contribution in [3.8, 4) is 17.2 Å². The number of methoxy groups -OCH3 is 3. The van der Waals surface area contributed by atoms with Gasteiger partial charge in [-0.05, 0) is 61.3 Å². The van der Waals surface area contributed by atoms with E-state index in [0.717, 1.165) is 31.5 Å².